The molecule has 56 valence electrons. The summed E-state index contributed by atoms with van der Waals surface area (Å²) >= 11 is 8.32. The van der Waals surface area contributed by atoms with Gasteiger partial charge in [0.2, 0.25) is 0 Å². The summed E-state index contributed by atoms with van der Waals surface area (Å²) in [6.07, 6.45) is 1.39. The smallest absolute Gasteiger partial charge is 0.0590 e. The fourth-order valence-corrected chi connectivity index (χ4v) is 3.78. The lowest BCUT2D eigenvalue weighted by Crippen LogP contribution is -2.07. The van der Waals surface area contributed by atoms with E-state index in [1.807, 2.05) is 23.5 Å². The Bertz CT molecular complexity index is 59.3. The van der Waals surface area contributed by atoms with E-state index in [1.54, 1.807) is 0 Å². The van der Waals surface area contributed by atoms with Crippen LogP contribution in [0.2, 0.25) is 0 Å². The van der Waals surface area contributed by atoms with E-state index in [0.29, 0.717) is 0 Å². The van der Waals surface area contributed by atoms with E-state index in [2.05, 4.69) is 12.6 Å². The highest BCUT2D eigenvalue weighted by Crippen LogP contribution is 2.30. The van der Waals surface area contributed by atoms with Crippen LogP contribution in [0, 0.1) is 0 Å². The molecule has 0 amide bonds. The lowest BCUT2D eigenvalue weighted by atomic mass is 10.6. The van der Waals surface area contributed by atoms with Gasteiger partial charge >= 0.3 is 0 Å². The molecule has 3 heteroatoms. The van der Waals surface area contributed by atoms with Gasteiger partial charge in [0.25, 0.3) is 0 Å². The fraction of sp³-hybridized carbons (Fsp3) is 1.00. The molecule has 0 radical (unpaired) electrons. The molecule has 0 N–H and O–H groups in total. The third-order valence-electron chi connectivity index (χ3n) is 1.05. The Morgan fingerprint density at radius 1 is 1.33 bits per heavy atom. The van der Waals surface area contributed by atoms with Gasteiger partial charge in [-0.2, -0.15) is 12.6 Å². The van der Waals surface area contributed by atoms with E-state index in [4.69, 9.17) is 0 Å². The Kier molecular flexibility index (Phi) is 6.48. The molecule has 0 aliphatic carbocycles. The second-order valence-electron chi connectivity index (χ2n) is 1.71. The summed E-state index contributed by atoms with van der Waals surface area (Å²) < 4.78 is 0.784. The van der Waals surface area contributed by atoms with Gasteiger partial charge in [0.1, 0.15) is 0 Å². The first-order valence-corrected chi connectivity index (χ1v) is 5.50. The van der Waals surface area contributed by atoms with Crippen molar-refractivity contribution in [1.29, 1.82) is 0 Å². The maximum absolute atomic E-state index is 4.22. The zero-order valence-electron chi connectivity index (χ0n) is 4.67. The summed E-state index contributed by atoms with van der Waals surface area (Å²) in [5.41, 5.74) is 0. The summed E-state index contributed by atoms with van der Waals surface area (Å²) in [4.78, 5) is 0. The molecule has 9 heavy (non-hydrogen) atoms. The first-order valence-electron chi connectivity index (χ1n) is 2.77. The van der Waals surface area contributed by atoms with E-state index < -0.39 is 0 Å². The maximum atomic E-state index is 4.22. The SMILES string of the molecule is C.SCC1SCCCS1. The van der Waals surface area contributed by atoms with Gasteiger partial charge in [-0.1, -0.05) is 7.43 Å². The number of hydrogen-bond acceptors (Lipinski definition) is 3. The van der Waals surface area contributed by atoms with Crippen LogP contribution in [0.3, 0.4) is 0 Å². The lowest BCUT2D eigenvalue weighted by Gasteiger charge is -2.17. The van der Waals surface area contributed by atoms with Crippen LogP contribution < -0.4 is 0 Å². The first-order chi connectivity index (χ1) is 3.93. The van der Waals surface area contributed by atoms with Gasteiger partial charge < -0.3 is 0 Å². The quantitative estimate of drug-likeness (QED) is 0.619. The molecule has 1 heterocycles. The van der Waals surface area contributed by atoms with Crippen LogP contribution in [-0.4, -0.2) is 21.8 Å². The van der Waals surface area contributed by atoms with Crippen molar-refractivity contribution < 1.29 is 0 Å². The minimum absolute atomic E-state index is 0. The zero-order valence-corrected chi connectivity index (χ0v) is 7.20. The zero-order chi connectivity index (χ0) is 5.82. The van der Waals surface area contributed by atoms with E-state index in [0.717, 1.165) is 10.3 Å². The van der Waals surface area contributed by atoms with Crippen molar-refractivity contribution in [3.8, 4) is 0 Å². The summed E-state index contributed by atoms with van der Waals surface area (Å²) in [5, 5.41) is 0. The van der Waals surface area contributed by atoms with Crippen molar-refractivity contribution in [1.82, 2.24) is 0 Å². The number of thioether (sulfide) groups is 2. The van der Waals surface area contributed by atoms with Gasteiger partial charge in [-0.3, -0.25) is 0 Å². The highest BCUT2D eigenvalue weighted by atomic mass is 32.2. The molecule has 0 spiro atoms. The van der Waals surface area contributed by atoms with Crippen molar-refractivity contribution >= 4 is 36.2 Å². The molecular formula is C6H14S3. The van der Waals surface area contributed by atoms with E-state index >= 15 is 0 Å². The largest absolute Gasteiger partial charge is 0.177 e. The van der Waals surface area contributed by atoms with Crippen LogP contribution in [0.1, 0.15) is 13.8 Å². The molecule has 1 aliphatic heterocycles. The Morgan fingerprint density at radius 2 is 1.89 bits per heavy atom. The van der Waals surface area contributed by atoms with Gasteiger partial charge in [-0.15, -0.1) is 23.5 Å². The second kappa shape index (κ2) is 5.81. The first kappa shape index (κ1) is 10.0. The van der Waals surface area contributed by atoms with E-state index in [-0.39, 0.29) is 7.43 Å². The molecular weight excluding hydrogens is 168 g/mol. The summed E-state index contributed by atoms with van der Waals surface area (Å²) in [7, 11) is 0. The Hall–Kier alpha value is 1.05. The Labute approximate surface area is 72.0 Å². The predicted octanol–water partition coefficient (Wildman–Crippen LogP) is 2.75. The van der Waals surface area contributed by atoms with Gasteiger partial charge in [-0.25, -0.2) is 0 Å². The standard InChI is InChI=1S/C5H10S3.CH4/c6-4-5-7-2-1-3-8-5;/h5-6H,1-4H2;1H4. The van der Waals surface area contributed by atoms with E-state index in [1.165, 1.54) is 17.9 Å². The van der Waals surface area contributed by atoms with Crippen molar-refractivity contribution in [2.75, 3.05) is 17.3 Å². The highest BCUT2D eigenvalue weighted by molar-refractivity contribution is 8.18. The molecule has 0 atom stereocenters. The van der Waals surface area contributed by atoms with Crippen molar-refractivity contribution in [2.24, 2.45) is 0 Å². The van der Waals surface area contributed by atoms with E-state index in [9.17, 15) is 0 Å². The molecule has 0 saturated carbocycles. The highest BCUT2D eigenvalue weighted by Gasteiger charge is 2.11. The van der Waals surface area contributed by atoms with Crippen molar-refractivity contribution in [2.45, 2.75) is 18.4 Å². The summed E-state index contributed by atoms with van der Waals surface area (Å²) in [6, 6.07) is 0. The molecule has 1 fully saturated rings. The van der Waals surface area contributed by atoms with Crippen molar-refractivity contribution in [3.05, 3.63) is 0 Å². The number of rotatable bonds is 1. The molecule has 0 aromatic heterocycles. The average molecular weight is 182 g/mol. The molecule has 0 unspecified atom stereocenters. The maximum Gasteiger partial charge on any atom is 0.0590 e. The summed E-state index contributed by atoms with van der Waals surface area (Å²) in [5.74, 6) is 3.73. The molecule has 1 rings (SSSR count). The van der Waals surface area contributed by atoms with Gasteiger partial charge in [-0.05, 0) is 17.9 Å². The van der Waals surface area contributed by atoms with Crippen LogP contribution >= 0.6 is 36.2 Å². The van der Waals surface area contributed by atoms with Crippen LogP contribution in [0.25, 0.3) is 0 Å². The molecule has 1 aliphatic rings. The monoisotopic (exact) mass is 182 g/mol. The Balaban J connectivity index is 0.000000640. The van der Waals surface area contributed by atoms with Gasteiger partial charge in [0.15, 0.2) is 0 Å². The number of hydrogen-bond donors (Lipinski definition) is 1. The third kappa shape index (κ3) is 3.68. The molecule has 1 saturated heterocycles. The fourth-order valence-electron chi connectivity index (χ4n) is 0.642. The minimum atomic E-state index is 0. The normalized spacial score (nSPS) is 21.0. The molecule has 0 nitrogen and oxygen atoms in total. The summed E-state index contributed by atoms with van der Waals surface area (Å²) in [6.45, 7) is 0. The Morgan fingerprint density at radius 3 is 2.22 bits per heavy atom. The second-order valence-corrected chi connectivity index (χ2v) is 4.99. The molecule has 0 bridgehead atoms. The van der Waals surface area contributed by atoms with Crippen LogP contribution in [-0.2, 0) is 0 Å². The van der Waals surface area contributed by atoms with Crippen molar-refractivity contribution in [3.63, 3.8) is 0 Å². The lowest BCUT2D eigenvalue weighted by molar-refractivity contribution is 1.10. The third-order valence-corrected chi connectivity index (χ3v) is 4.85. The van der Waals surface area contributed by atoms with Crippen LogP contribution in [0.4, 0.5) is 0 Å². The van der Waals surface area contributed by atoms with Gasteiger partial charge in [0, 0.05) is 5.75 Å². The predicted molar refractivity (Wildman–Crippen MR) is 53.9 cm³/mol. The average Bonchev–Trinajstić information content (AvgIpc) is 1.90. The topological polar surface area (TPSA) is 0 Å². The molecule has 0 aromatic carbocycles. The van der Waals surface area contributed by atoms with Gasteiger partial charge in [0.05, 0.1) is 4.58 Å². The molecule has 0 aromatic rings. The van der Waals surface area contributed by atoms with Crippen LogP contribution in [0.5, 0.6) is 0 Å². The van der Waals surface area contributed by atoms with Crippen LogP contribution in [0.15, 0.2) is 0 Å². The number of thiol groups is 1. The minimum Gasteiger partial charge on any atom is -0.177 e.